The third-order valence-corrected chi connectivity index (χ3v) is 4.39. The Morgan fingerprint density at radius 3 is 1.81 bits per heavy atom. The first kappa shape index (κ1) is 19.0. The Morgan fingerprint density at radius 2 is 1.22 bits per heavy atom. The van der Waals surface area contributed by atoms with E-state index < -0.39 is 0 Å². The summed E-state index contributed by atoms with van der Waals surface area (Å²) in [6.45, 7) is 3.01. The summed E-state index contributed by atoms with van der Waals surface area (Å²) in [6.07, 6.45) is 0.877. The Labute approximate surface area is 162 Å². The number of hydrogen-bond donors (Lipinski definition) is 0. The van der Waals surface area contributed by atoms with E-state index in [-0.39, 0.29) is 0 Å². The van der Waals surface area contributed by atoms with Crippen molar-refractivity contribution in [2.45, 2.75) is 19.5 Å². The minimum absolute atomic E-state index is 0.648. The van der Waals surface area contributed by atoms with Crippen LogP contribution in [0.2, 0.25) is 0 Å². The van der Waals surface area contributed by atoms with Crippen molar-refractivity contribution in [3.8, 4) is 5.75 Å². The molecular formula is C24H27NO2. The van der Waals surface area contributed by atoms with Crippen LogP contribution in [-0.4, -0.2) is 20.3 Å². The Hall–Kier alpha value is -2.78. The maximum atomic E-state index is 6.07. The molecule has 0 amide bonds. The smallest absolute Gasteiger partial charge is 0.142 e. The number of para-hydroxylation sites is 2. The molecule has 0 saturated carbocycles. The van der Waals surface area contributed by atoms with E-state index in [1.54, 1.807) is 7.11 Å². The van der Waals surface area contributed by atoms with Gasteiger partial charge in [0.15, 0.2) is 0 Å². The SMILES string of the molecule is COCCCOc1ccccc1N(Cc1ccccc1)Cc1ccccc1. The van der Waals surface area contributed by atoms with Gasteiger partial charge in [-0.1, -0.05) is 72.8 Å². The van der Waals surface area contributed by atoms with Crippen LogP contribution < -0.4 is 9.64 Å². The monoisotopic (exact) mass is 361 g/mol. The van der Waals surface area contributed by atoms with Crippen LogP contribution in [0.5, 0.6) is 5.75 Å². The molecule has 3 aromatic rings. The molecule has 3 rings (SSSR count). The van der Waals surface area contributed by atoms with Gasteiger partial charge in [0.05, 0.1) is 12.3 Å². The summed E-state index contributed by atoms with van der Waals surface area (Å²) < 4.78 is 11.2. The summed E-state index contributed by atoms with van der Waals surface area (Å²) >= 11 is 0. The van der Waals surface area contributed by atoms with E-state index in [9.17, 15) is 0 Å². The number of methoxy groups -OCH3 is 1. The zero-order valence-electron chi connectivity index (χ0n) is 15.9. The predicted molar refractivity (Wildman–Crippen MR) is 111 cm³/mol. The van der Waals surface area contributed by atoms with Gasteiger partial charge in [0.2, 0.25) is 0 Å². The van der Waals surface area contributed by atoms with E-state index in [0.717, 1.165) is 30.9 Å². The van der Waals surface area contributed by atoms with Crippen LogP contribution in [0.15, 0.2) is 84.9 Å². The average Bonchev–Trinajstić information content (AvgIpc) is 2.73. The van der Waals surface area contributed by atoms with E-state index in [0.29, 0.717) is 13.2 Å². The second-order valence-electron chi connectivity index (χ2n) is 6.49. The number of nitrogens with zero attached hydrogens (tertiary/aromatic N) is 1. The second-order valence-corrected chi connectivity index (χ2v) is 6.49. The lowest BCUT2D eigenvalue weighted by molar-refractivity contribution is 0.172. The van der Waals surface area contributed by atoms with Gasteiger partial charge in [-0.2, -0.15) is 0 Å². The molecule has 0 atom stereocenters. The Bertz CT molecular complexity index is 748. The predicted octanol–water partition coefficient (Wildman–Crippen LogP) is 5.31. The van der Waals surface area contributed by atoms with Gasteiger partial charge in [-0.05, 0) is 23.3 Å². The van der Waals surface area contributed by atoms with Crippen molar-refractivity contribution < 1.29 is 9.47 Å². The zero-order valence-corrected chi connectivity index (χ0v) is 15.9. The summed E-state index contributed by atoms with van der Waals surface area (Å²) in [7, 11) is 1.72. The first-order chi connectivity index (χ1) is 13.4. The molecule has 0 spiro atoms. The number of benzene rings is 3. The minimum Gasteiger partial charge on any atom is -0.491 e. The lowest BCUT2D eigenvalue weighted by Gasteiger charge is -2.27. The van der Waals surface area contributed by atoms with E-state index >= 15 is 0 Å². The zero-order chi connectivity index (χ0) is 18.7. The Balaban J connectivity index is 1.83. The van der Waals surface area contributed by atoms with E-state index in [2.05, 4.69) is 77.7 Å². The molecule has 0 aliphatic heterocycles. The average molecular weight is 361 g/mol. The van der Waals surface area contributed by atoms with Crippen molar-refractivity contribution in [3.05, 3.63) is 96.1 Å². The minimum atomic E-state index is 0.648. The van der Waals surface area contributed by atoms with Crippen molar-refractivity contribution in [1.29, 1.82) is 0 Å². The summed E-state index contributed by atoms with van der Waals surface area (Å²) in [5, 5.41) is 0. The van der Waals surface area contributed by atoms with Gasteiger partial charge in [0.1, 0.15) is 5.75 Å². The molecule has 3 aromatic carbocycles. The fourth-order valence-corrected chi connectivity index (χ4v) is 3.06. The molecule has 0 fully saturated rings. The van der Waals surface area contributed by atoms with Gasteiger partial charge in [-0.3, -0.25) is 0 Å². The molecule has 3 nitrogen and oxygen atoms in total. The molecule has 0 unspecified atom stereocenters. The maximum Gasteiger partial charge on any atom is 0.142 e. The van der Waals surface area contributed by atoms with E-state index in [4.69, 9.17) is 9.47 Å². The van der Waals surface area contributed by atoms with Gasteiger partial charge in [0, 0.05) is 33.2 Å². The fourth-order valence-electron chi connectivity index (χ4n) is 3.06. The van der Waals surface area contributed by atoms with Crippen molar-refractivity contribution in [2.24, 2.45) is 0 Å². The van der Waals surface area contributed by atoms with Crippen LogP contribution in [0.1, 0.15) is 17.5 Å². The van der Waals surface area contributed by atoms with Crippen LogP contribution in [0.25, 0.3) is 0 Å². The van der Waals surface area contributed by atoms with Gasteiger partial charge < -0.3 is 14.4 Å². The number of hydrogen-bond acceptors (Lipinski definition) is 3. The largest absolute Gasteiger partial charge is 0.491 e. The normalized spacial score (nSPS) is 10.6. The molecule has 3 heteroatoms. The third-order valence-electron chi connectivity index (χ3n) is 4.39. The first-order valence-corrected chi connectivity index (χ1v) is 9.40. The third kappa shape index (κ3) is 5.87. The molecule has 0 bridgehead atoms. The van der Waals surface area contributed by atoms with Crippen molar-refractivity contribution in [2.75, 3.05) is 25.2 Å². The van der Waals surface area contributed by atoms with Crippen LogP contribution in [-0.2, 0) is 17.8 Å². The topological polar surface area (TPSA) is 21.7 Å². The Morgan fingerprint density at radius 1 is 0.667 bits per heavy atom. The molecule has 0 saturated heterocycles. The quantitative estimate of drug-likeness (QED) is 0.457. The van der Waals surface area contributed by atoms with Gasteiger partial charge in [-0.25, -0.2) is 0 Å². The molecule has 0 N–H and O–H groups in total. The molecule has 0 aliphatic rings. The van der Waals surface area contributed by atoms with E-state index in [1.165, 1.54) is 11.1 Å². The Kier molecular flexibility index (Phi) is 7.31. The van der Waals surface area contributed by atoms with Gasteiger partial charge in [0.25, 0.3) is 0 Å². The van der Waals surface area contributed by atoms with Crippen molar-refractivity contribution in [1.82, 2.24) is 0 Å². The van der Waals surface area contributed by atoms with Crippen LogP contribution >= 0.6 is 0 Å². The summed E-state index contributed by atoms with van der Waals surface area (Å²) in [5.41, 5.74) is 3.67. The highest BCUT2D eigenvalue weighted by molar-refractivity contribution is 5.59. The maximum absolute atomic E-state index is 6.07. The van der Waals surface area contributed by atoms with Crippen molar-refractivity contribution >= 4 is 5.69 Å². The van der Waals surface area contributed by atoms with Crippen LogP contribution in [0, 0.1) is 0 Å². The highest BCUT2D eigenvalue weighted by Crippen LogP contribution is 2.30. The van der Waals surface area contributed by atoms with Gasteiger partial charge >= 0.3 is 0 Å². The number of rotatable bonds is 10. The second kappa shape index (κ2) is 10.4. The highest BCUT2D eigenvalue weighted by Gasteiger charge is 2.13. The molecular weight excluding hydrogens is 334 g/mol. The van der Waals surface area contributed by atoms with Crippen LogP contribution in [0.4, 0.5) is 5.69 Å². The molecule has 0 heterocycles. The molecule has 27 heavy (non-hydrogen) atoms. The highest BCUT2D eigenvalue weighted by atomic mass is 16.5. The number of anilines is 1. The summed E-state index contributed by atoms with van der Waals surface area (Å²) in [4.78, 5) is 2.37. The summed E-state index contributed by atoms with van der Waals surface area (Å²) in [6, 6.07) is 29.4. The molecule has 0 aliphatic carbocycles. The fraction of sp³-hybridized carbons (Fsp3) is 0.250. The standard InChI is InChI=1S/C24H27NO2/c1-26-17-10-18-27-24-16-9-8-15-23(24)25(19-21-11-4-2-5-12-21)20-22-13-6-3-7-14-22/h2-9,11-16H,10,17-20H2,1H3. The lowest BCUT2D eigenvalue weighted by atomic mass is 10.1. The van der Waals surface area contributed by atoms with Gasteiger partial charge in [-0.15, -0.1) is 0 Å². The van der Waals surface area contributed by atoms with Crippen molar-refractivity contribution in [3.63, 3.8) is 0 Å². The number of ether oxygens (including phenoxy) is 2. The lowest BCUT2D eigenvalue weighted by Crippen LogP contribution is -2.23. The van der Waals surface area contributed by atoms with Crippen LogP contribution in [0.3, 0.4) is 0 Å². The first-order valence-electron chi connectivity index (χ1n) is 9.40. The molecule has 0 aromatic heterocycles. The summed E-state index contributed by atoms with van der Waals surface area (Å²) in [5.74, 6) is 0.917. The molecule has 140 valence electrons. The van der Waals surface area contributed by atoms with E-state index in [1.807, 2.05) is 12.1 Å². The molecule has 0 radical (unpaired) electrons.